The van der Waals surface area contributed by atoms with Crippen LogP contribution in [0.5, 0.6) is 0 Å². The number of aromatic nitrogens is 3. The first-order valence-corrected chi connectivity index (χ1v) is 8.94. The van der Waals surface area contributed by atoms with E-state index in [1.54, 1.807) is 6.92 Å². The molecule has 4 rings (SSSR count). The largest absolute Gasteiger partial charge is 0.435 e. The first-order valence-electron chi connectivity index (χ1n) is 8.94. The second-order valence-electron chi connectivity index (χ2n) is 6.78. The summed E-state index contributed by atoms with van der Waals surface area (Å²) >= 11 is 0. The van der Waals surface area contributed by atoms with Crippen molar-refractivity contribution >= 4 is 10.9 Å². The highest BCUT2D eigenvalue weighted by atomic mass is 19.4. The van der Waals surface area contributed by atoms with Gasteiger partial charge < -0.3 is 10.3 Å². The topological polar surface area (TPSA) is 45.6 Å². The summed E-state index contributed by atoms with van der Waals surface area (Å²) in [4.78, 5) is 3.47. The molecule has 4 nitrogen and oxygen atoms in total. The third-order valence-electron chi connectivity index (χ3n) is 5.09. The van der Waals surface area contributed by atoms with Crippen LogP contribution in [-0.4, -0.2) is 27.9 Å². The monoisotopic (exact) mass is 362 g/mol. The third-order valence-corrected chi connectivity index (χ3v) is 5.09. The number of nitrogens with zero attached hydrogens (tertiary/aromatic N) is 2. The standard InChI is InChI=1S/C19H21F3N4/c1-2-26-17(11-18(25-26)19(20,21)22)13-3-4-15-14(9-13)10-16(24-15)12-5-7-23-8-6-12/h3-4,9-12,23-24H,2,5-8H2,1H3. The van der Waals surface area contributed by atoms with Gasteiger partial charge in [-0.2, -0.15) is 18.3 Å². The minimum Gasteiger partial charge on any atom is -0.358 e. The Morgan fingerprint density at radius 3 is 2.62 bits per heavy atom. The van der Waals surface area contributed by atoms with Crippen LogP contribution in [0.4, 0.5) is 13.2 Å². The van der Waals surface area contributed by atoms with E-state index in [1.807, 2.05) is 18.2 Å². The van der Waals surface area contributed by atoms with Gasteiger partial charge in [0.05, 0.1) is 5.69 Å². The van der Waals surface area contributed by atoms with Gasteiger partial charge in [0.2, 0.25) is 0 Å². The van der Waals surface area contributed by atoms with E-state index >= 15 is 0 Å². The van der Waals surface area contributed by atoms with E-state index in [0.29, 0.717) is 18.2 Å². The zero-order valence-corrected chi connectivity index (χ0v) is 14.5. The Kier molecular flexibility index (Phi) is 4.26. The van der Waals surface area contributed by atoms with Gasteiger partial charge in [-0.15, -0.1) is 0 Å². The van der Waals surface area contributed by atoms with Crippen molar-refractivity contribution in [2.45, 2.75) is 38.4 Å². The molecule has 3 heterocycles. The number of aromatic amines is 1. The Labute approximate surface area is 149 Å². The molecule has 3 aromatic rings. The lowest BCUT2D eigenvalue weighted by atomic mass is 9.95. The van der Waals surface area contributed by atoms with Crippen LogP contribution in [0.2, 0.25) is 0 Å². The maximum Gasteiger partial charge on any atom is 0.435 e. The lowest BCUT2D eigenvalue weighted by Crippen LogP contribution is -2.26. The molecule has 2 N–H and O–H groups in total. The molecule has 138 valence electrons. The zero-order chi connectivity index (χ0) is 18.3. The first-order chi connectivity index (χ1) is 12.5. The van der Waals surface area contributed by atoms with Crippen molar-refractivity contribution in [2.75, 3.05) is 13.1 Å². The number of alkyl halides is 3. The van der Waals surface area contributed by atoms with E-state index in [-0.39, 0.29) is 0 Å². The van der Waals surface area contributed by atoms with Crippen molar-refractivity contribution in [2.24, 2.45) is 0 Å². The number of hydrogen-bond acceptors (Lipinski definition) is 2. The summed E-state index contributed by atoms with van der Waals surface area (Å²) in [6, 6.07) is 9.00. The van der Waals surface area contributed by atoms with E-state index in [0.717, 1.165) is 48.5 Å². The minimum absolute atomic E-state index is 0.386. The zero-order valence-electron chi connectivity index (χ0n) is 14.5. The number of fused-ring (bicyclic) bond motifs is 1. The van der Waals surface area contributed by atoms with Crippen molar-refractivity contribution in [3.63, 3.8) is 0 Å². The average Bonchev–Trinajstić information content (AvgIpc) is 3.25. The van der Waals surface area contributed by atoms with Crippen molar-refractivity contribution in [3.05, 3.63) is 41.7 Å². The number of nitrogens with one attached hydrogen (secondary N) is 2. The van der Waals surface area contributed by atoms with Crippen LogP contribution in [0.15, 0.2) is 30.3 Å². The molecule has 0 unspecified atom stereocenters. The van der Waals surface area contributed by atoms with Crippen molar-refractivity contribution in [3.8, 4) is 11.3 Å². The fraction of sp³-hybridized carbons (Fsp3) is 0.421. The average molecular weight is 362 g/mol. The van der Waals surface area contributed by atoms with Crippen LogP contribution in [0.3, 0.4) is 0 Å². The van der Waals surface area contributed by atoms with E-state index in [2.05, 4.69) is 21.5 Å². The normalized spacial score (nSPS) is 16.5. The van der Waals surface area contributed by atoms with Gasteiger partial charge in [0.15, 0.2) is 5.69 Å². The van der Waals surface area contributed by atoms with E-state index in [9.17, 15) is 13.2 Å². The Morgan fingerprint density at radius 1 is 1.15 bits per heavy atom. The number of hydrogen-bond donors (Lipinski definition) is 2. The number of rotatable bonds is 3. The Bertz CT molecular complexity index is 917. The maximum absolute atomic E-state index is 13.0. The lowest BCUT2D eigenvalue weighted by molar-refractivity contribution is -0.141. The minimum atomic E-state index is -4.43. The second-order valence-corrected chi connectivity index (χ2v) is 6.78. The third kappa shape index (κ3) is 3.11. The number of piperidine rings is 1. The number of halogens is 3. The maximum atomic E-state index is 13.0. The summed E-state index contributed by atoms with van der Waals surface area (Å²) in [6.45, 7) is 4.21. The molecule has 0 atom stereocenters. The van der Waals surface area contributed by atoms with Gasteiger partial charge in [-0.1, -0.05) is 6.07 Å². The molecule has 0 radical (unpaired) electrons. The predicted molar refractivity (Wildman–Crippen MR) is 95.0 cm³/mol. The SMILES string of the molecule is CCn1nc(C(F)(F)F)cc1-c1ccc2[nH]c(C3CCNCC3)cc2c1. The summed E-state index contributed by atoms with van der Waals surface area (Å²) in [7, 11) is 0. The summed E-state index contributed by atoms with van der Waals surface area (Å²) in [5.74, 6) is 0.505. The molecule has 0 saturated carbocycles. The van der Waals surface area contributed by atoms with Crippen LogP contribution in [0.1, 0.15) is 37.1 Å². The molecule has 0 aliphatic carbocycles. The van der Waals surface area contributed by atoms with Crippen molar-refractivity contribution < 1.29 is 13.2 Å². The van der Waals surface area contributed by atoms with Gasteiger partial charge in [-0.05, 0) is 57.1 Å². The molecule has 2 aromatic heterocycles. The fourth-order valence-corrected chi connectivity index (χ4v) is 3.70. The van der Waals surface area contributed by atoms with Crippen LogP contribution in [0, 0.1) is 0 Å². The highest BCUT2D eigenvalue weighted by Crippen LogP contribution is 2.34. The molecule has 1 aromatic carbocycles. The van der Waals surface area contributed by atoms with E-state index in [4.69, 9.17) is 0 Å². The second kappa shape index (κ2) is 6.46. The molecule has 1 fully saturated rings. The summed E-state index contributed by atoms with van der Waals surface area (Å²) in [6.07, 6.45) is -2.25. The van der Waals surface area contributed by atoms with Crippen LogP contribution >= 0.6 is 0 Å². The van der Waals surface area contributed by atoms with Gasteiger partial charge in [-0.3, -0.25) is 4.68 Å². The quantitative estimate of drug-likeness (QED) is 0.719. The van der Waals surface area contributed by atoms with Gasteiger partial charge in [0.1, 0.15) is 0 Å². The lowest BCUT2D eigenvalue weighted by Gasteiger charge is -2.21. The van der Waals surface area contributed by atoms with Gasteiger partial charge in [0, 0.05) is 34.6 Å². The van der Waals surface area contributed by atoms with E-state index < -0.39 is 11.9 Å². The van der Waals surface area contributed by atoms with Crippen LogP contribution in [-0.2, 0) is 12.7 Å². The smallest absolute Gasteiger partial charge is 0.358 e. The first kappa shape index (κ1) is 17.1. The molecular weight excluding hydrogens is 341 g/mol. The molecule has 7 heteroatoms. The van der Waals surface area contributed by atoms with Crippen LogP contribution in [0.25, 0.3) is 22.2 Å². The van der Waals surface area contributed by atoms with Gasteiger partial charge in [0.25, 0.3) is 0 Å². The Morgan fingerprint density at radius 2 is 1.92 bits per heavy atom. The molecule has 26 heavy (non-hydrogen) atoms. The summed E-state index contributed by atoms with van der Waals surface area (Å²) in [5.41, 5.74) is 2.61. The molecular formula is C19H21F3N4. The Balaban J connectivity index is 1.72. The number of H-pyrrole nitrogens is 1. The fourth-order valence-electron chi connectivity index (χ4n) is 3.70. The van der Waals surface area contributed by atoms with Gasteiger partial charge in [-0.25, -0.2) is 0 Å². The molecule has 0 amide bonds. The van der Waals surface area contributed by atoms with E-state index in [1.165, 1.54) is 10.4 Å². The highest BCUT2D eigenvalue weighted by molar-refractivity contribution is 5.85. The molecule has 0 spiro atoms. The molecule has 1 aliphatic heterocycles. The number of aryl methyl sites for hydroxylation is 1. The molecule has 0 bridgehead atoms. The number of benzene rings is 1. The van der Waals surface area contributed by atoms with Crippen molar-refractivity contribution in [1.29, 1.82) is 0 Å². The molecule has 1 aliphatic rings. The highest BCUT2D eigenvalue weighted by Gasteiger charge is 2.35. The van der Waals surface area contributed by atoms with Crippen LogP contribution < -0.4 is 5.32 Å². The summed E-state index contributed by atoms with van der Waals surface area (Å²) < 4.78 is 40.4. The van der Waals surface area contributed by atoms with Crippen molar-refractivity contribution in [1.82, 2.24) is 20.1 Å². The van der Waals surface area contributed by atoms with Gasteiger partial charge >= 0.3 is 6.18 Å². The summed E-state index contributed by atoms with van der Waals surface area (Å²) in [5, 5.41) is 8.09. The molecule has 1 saturated heterocycles. The Hall–Kier alpha value is -2.28. The predicted octanol–water partition coefficient (Wildman–Crippen LogP) is 4.54.